The summed E-state index contributed by atoms with van der Waals surface area (Å²) in [5.74, 6) is 0.607. The number of rotatable bonds is 5. The van der Waals surface area contributed by atoms with Gasteiger partial charge in [0.2, 0.25) is 0 Å². The summed E-state index contributed by atoms with van der Waals surface area (Å²) in [6.45, 7) is 7.57. The maximum absolute atomic E-state index is 10.8. The average molecular weight is 253 g/mol. The van der Waals surface area contributed by atoms with E-state index in [0.29, 0.717) is 0 Å². The molecule has 4 nitrogen and oxygen atoms in total. The van der Waals surface area contributed by atoms with Crippen molar-refractivity contribution in [1.29, 1.82) is 0 Å². The third kappa shape index (κ3) is 4.51. The minimum Gasteiger partial charge on any atom is -0.495 e. The van der Waals surface area contributed by atoms with E-state index in [1.54, 1.807) is 0 Å². The zero-order valence-electron chi connectivity index (χ0n) is 11.8. The van der Waals surface area contributed by atoms with Crippen molar-refractivity contribution in [3.8, 4) is 0 Å². The van der Waals surface area contributed by atoms with Crippen LogP contribution >= 0.6 is 0 Å². The quantitative estimate of drug-likeness (QED) is 0.556. The molecule has 0 N–H and O–H groups in total. The summed E-state index contributed by atoms with van der Waals surface area (Å²) in [6, 6.07) is 0. The Balaban J connectivity index is 2.73. The van der Waals surface area contributed by atoms with Gasteiger partial charge >= 0.3 is 5.97 Å². The summed E-state index contributed by atoms with van der Waals surface area (Å²) in [6.07, 6.45) is 5.17. The fourth-order valence-electron chi connectivity index (χ4n) is 2.04. The minimum atomic E-state index is -0.386. The van der Waals surface area contributed by atoms with E-state index in [4.69, 9.17) is 9.57 Å². The van der Waals surface area contributed by atoms with Crippen LogP contribution in [0.4, 0.5) is 0 Å². The maximum Gasteiger partial charge on any atom is 0.331 e. The highest BCUT2D eigenvalue weighted by atomic mass is 16.7. The highest BCUT2D eigenvalue weighted by molar-refractivity contribution is 6.00. The van der Waals surface area contributed by atoms with Crippen LogP contribution in [0.1, 0.15) is 59.8 Å². The lowest BCUT2D eigenvalue weighted by Gasteiger charge is -2.23. The van der Waals surface area contributed by atoms with Gasteiger partial charge in [0.15, 0.2) is 0 Å². The van der Waals surface area contributed by atoms with Crippen LogP contribution in [0, 0.1) is 0 Å². The van der Waals surface area contributed by atoms with Crippen LogP contribution in [0.25, 0.3) is 0 Å². The molecule has 0 heterocycles. The third-order valence-corrected chi connectivity index (χ3v) is 2.99. The summed E-state index contributed by atoms with van der Waals surface area (Å²) in [5.41, 5.74) is 1.85. The Morgan fingerprint density at radius 1 is 1.44 bits per heavy atom. The topological polar surface area (TPSA) is 47.9 Å². The third-order valence-electron chi connectivity index (χ3n) is 2.99. The molecule has 1 atom stereocenters. The zero-order valence-corrected chi connectivity index (χ0v) is 11.8. The SMILES string of the molecule is CCCC(C)OC1=C(C)/C(=N/OC(C)=O)CCC1. The molecule has 0 radical (unpaired) electrons. The van der Waals surface area contributed by atoms with Crippen LogP contribution in [0.5, 0.6) is 0 Å². The van der Waals surface area contributed by atoms with Crippen molar-refractivity contribution in [3.63, 3.8) is 0 Å². The Kier molecular flexibility index (Phi) is 5.89. The monoisotopic (exact) mass is 253 g/mol. The van der Waals surface area contributed by atoms with Crippen molar-refractivity contribution < 1.29 is 14.4 Å². The van der Waals surface area contributed by atoms with Gasteiger partial charge in [-0.05, 0) is 33.1 Å². The van der Waals surface area contributed by atoms with E-state index in [9.17, 15) is 4.79 Å². The molecule has 1 aliphatic carbocycles. The van der Waals surface area contributed by atoms with Crippen molar-refractivity contribution in [2.75, 3.05) is 0 Å². The van der Waals surface area contributed by atoms with E-state index in [1.165, 1.54) is 6.92 Å². The molecule has 0 aromatic rings. The van der Waals surface area contributed by atoms with Crippen molar-refractivity contribution >= 4 is 11.7 Å². The summed E-state index contributed by atoms with van der Waals surface area (Å²) in [4.78, 5) is 15.5. The van der Waals surface area contributed by atoms with E-state index in [2.05, 4.69) is 19.0 Å². The van der Waals surface area contributed by atoms with Crippen molar-refractivity contribution in [2.45, 2.75) is 65.9 Å². The normalized spacial score (nSPS) is 19.9. The second-order valence-corrected chi connectivity index (χ2v) is 4.74. The Morgan fingerprint density at radius 3 is 2.78 bits per heavy atom. The second-order valence-electron chi connectivity index (χ2n) is 4.74. The molecule has 4 heteroatoms. The van der Waals surface area contributed by atoms with Gasteiger partial charge < -0.3 is 9.57 Å². The molecule has 1 rings (SSSR count). The Labute approximate surface area is 109 Å². The van der Waals surface area contributed by atoms with Gasteiger partial charge in [0, 0.05) is 18.9 Å². The summed E-state index contributed by atoms with van der Waals surface area (Å²) in [5, 5.41) is 3.90. The number of hydrogen-bond donors (Lipinski definition) is 0. The van der Waals surface area contributed by atoms with E-state index >= 15 is 0 Å². The summed E-state index contributed by atoms with van der Waals surface area (Å²) in [7, 11) is 0. The molecular formula is C14H23NO3. The predicted octanol–water partition coefficient (Wildman–Crippen LogP) is 3.57. The van der Waals surface area contributed by atoms with Gasteiger partial charge in [0.1, 0.15) is 5.76 Å². The van der Waals surface area contributed by atoms with Gasteiger partial charge in [-0.25, -0.2) is 4.79 Å². The van der Waals surface area contributed by atoms with E-state index in [-0.39, 0.29) is 12.1 Å². The number of oxime groups is 1. The molecule has 0 saturated heterocycles. The van der Waals surface area contributed by atoms with E-state index in [1.807, 2.05) is 6.92 Å². The number of allylic oxidation sites excluding steroid dienone is 2. The fraction of sp³-hybridized carbons (Fsp3) is 0.714. The molecule has 0 bridgehead atoms. The van der Waals surface area contributed by atoms with Gasteiger partial charge in [0.05, 0.1) is 11.8 Å². The number of carbonyl (C=O) groups excluding carboxylic acids is 1. The van der Waals surface area contributed by atoms with Gasteiger partial charge in [-0.3, -0.25) is 0 Å². The first kappa shape index (κ1) is 14.7. The molecule has 18 heavy (non-hydrogen) atoms. The minimum absolute atomic E-state index is 0.230. The molecule has 102 valence electrons. The average Bonchev–Trinajstić information content (AvgIpc) is 2.30. The molecule has 0 aromatic carbocycles. The lowest BCUT2D eigenvalue weighted by Crippen LogP contribution is -2.16. The fourth-order valence-corrected chi connectivity index (χ4v) is 2.04. The van der Waals surface area contributed by atoms with E-state index in [0.717, 1.165) is 49.1 Å². The standard InChI is InChI=1S/C14H23NO3/c1-5-7-10(2)17-14-9-6-8-13(11(14)3)15-18-12(4)16/h10H,5-9H2,1-4H3/b15-13+. The lowest BCUT2D eigenvalue weighted by molar-refractivity contribution is -0.140. The first-order valence-corrected chi connectivity index (χ1v) is 6.65. The Morgan fingerprint density at radius 2 is 2.17 bits per heavy atom. The molecule has 0 saturated carbocycles. The van der Waals surface area contributed by atoms with Gasteiger partial charge in [0.25, 0.3) is 0 Å². The number of ether oxygens (including phenoxy) is 1. The van der Waals surface area contributed by atoms with E-state index < -0.39 is 0 Å². The Hall–Kier alpha value is -1.32. The largest absolute Gasteiger partial charge is 0.495 e. The lowest BCUT2D eigenvalue weighted by atomic mass is 9.96. The smallest absolute Gasteiger partial charge is 0.331 e. The molecule has 0 spiro atoms. The summed E-state index contributed by atoms with van der Waals surface area (Å²) < 4.78 is 5.94. The van der Waals surface area contributed by atoms with Crippen LogP contribution in [-0.4, -0.2) is 17.8 Å². The molecule has 0 amide bonds. The number of nitrogens with zero attached hydrogens (tertiary/aromatic N) is 1. The van der Waals surface area contributed by atoms with Gasteiger partial charge in [-0.1, -0.05) is 18.5 Å². The van der Waals surface area contributed by atoms with Gasteiger partial charge in [-0.15, -0.1) is 0 Å². The second kappa shape index (κ2) is 7.19. The van der Waals surface area contributed by atoms with Crippen molar-refractivity contribution in [1.82, 2.24) is 0 Å². The van der Waals surface area contributed by atoms with Crippen LogP contribution < -0.4 is 0 Å². The number of carbonyl (C=O) groups is 1. The molecule has 0 aromatic heterocycles. The first-order valence-electron chi connectivity index (χ1n) is 6.65. The molecule has 1 unspecified atom stereocenters. The first-order chi connectivity index (χ1) is 8.54. The highest BCUT2D eigenvalue weighted by Gasteiger charge is 2.19. The summed E-state index contributed by atoms with van der Waals surface area (Å²) >= 11 is 0. The van der Waals surface area contributed by atoms with Crippen LogP contribution in [0.3, 0.4) is 0 Å². The van der Waals surface area contributed by atoms with Gasteiger partial charge in [-0.2, -0.15) is 0 Å². The predicted molar refractivity (Wildman–Crippen MR) is 71.2 cm³/mol. The highest BCUT2D eigenvalue weighted by Crippen LogP contribution is 2.25. The molecule has 1 aliphatic rings. The maximum atomic E-state index is 10.8. The Bertz CT molecular complexity index is 358. The van der Waals surface area contributed by atoms with Crippen molar-refractivity contribution in [3.05, 3.63) is 11.3 Å². The van der Waals surface area contributed by atoms with Crippen LogP contribution in [0.15, 0.2) is 16.5 Å². The van der Waals surface area contributed by atoms with Crippen molar-refractivity contribution in [2.24, 2.45) is 5.16 Å². The number of hydrogen-bond acceptors (Lipinski definition) is 4. The van der Waals surface area contributed by atoms with Crippen LogP contribution in [-0.2, 0) is 14.4 Å². The van der Waals surface area contributed by atoms with Crippen LogP contribution in [0.2, 0.25) is 0 Å². The molecule has 0 fully saturated rings. The zero-order chi connectivity index (χ0) is 13.5. The molecular weight excluding hydrogens is 230 g/mol. The molecule has 0 aliphatic heterocycles.